The molecule has 1 aliphatic rings. The Hall–Kier alpha value is -1.16. The predicted octanol–water partition coefficient (Wildman–Crippen LogP) is 1.50. The van der Waals surface area contributed by atoms with Gasteiger partial charge in [0.05, 0.1) is 12.3 Å². The van der Waals surface area contributed by atoms with E-state index in [-0.39, 0.29) is 0 Å². The van der Waals surface area contributed by atoms with Gasteiger partial charge in [-0.05, 0) is 18.4 Å². The van der Waals surface area contributed by atoms with Crippen LogP contribution in [0.4, 0.5) is 0 Å². The number of rotatable bonds is 5. The highest BCUT2D eigenvalue weighted by atomic mass is 16.5. The molecule has 1 heterocycles. The van der Waals surface area contributed by atoms with E-state index in [9.17, 15) is 0 Å². The van der Waals surface area contributed by atoms with E-state index in [1.807, 2.05) is 12.1 Å². The van der Waals surface area contributed by atoms with Crippen molar-refractivity contribution in [3.63, 3.8) is 0 Å². The van der Waals surface area contributed by atoms with Crippen molar-refractivity contribution in [3.05, 3.63) is 17.8 Å². The molecule has 0 amide bonds. The van der Waals surface area contributed by atoms with E-state index in [1.54, 1.807) is 0 Å². The summed E-state index contributed by atoms with van der Waals surface area (Å²) in [4.78, 5) is 0. The Morgan fingerprint density at radius 1 is 1.33 bits per heavy atom. The minimum atomic E-state index is 0.426. The summed E-state index contributed by atoms with van der Waals surface area (Å²) in [5.41, 5.74) is 6.21. The molecule has 1 fully saturated rings. The summed E-state index contributed by atoms with van der Waals surface area (Å²) >= 11 is 0. The maximum absolute atomic E-state index is 5.50. The summed E-state index contributed by atoms with van der Waals surface area (Å²) in [6.45, 7) is 1.18. The number of aromatic nitrogens is 2. The fraction of sp³-hybridized carbons (Fsp3) is 0.636. The van der Waals surface area contributed by atoms with Crippen LogP contribution in [0.15, 0.2) is 12.1 Å². The number of hydrogen-bond acceptors (Lipinski definition) is 4. The molecule has 1 aliphatic carbocycles. The molecule has 82 valence electrons. The van der Waals surface area contributed by atoms with Crippen LogP contribution < -0.4 is 10.5 Å². The molecule has 0 radical (unpaired) electrons. The largest absolute Gasteiger partial charge is 0.477 e. The Morgan fingerprint density at radius 3 is 2.73 bits per heavy atom. The summed E-state index contributed by atoms with van der Waals surface area (Å²) in [5.74, 6) is 1.48. The van der Waals surface area contributed by atoms with Gasteiger partial charge in [-0.2, -0.15) is 5.10 Å². The highest BCUT2D eigenvalue weighted by Crippen LogP contribution is 2.29. The molecular formula is C11H17N3O. The lowest BCUT2D eigenvalue weighted by Gasteiger charge is -2.24. The standard InChI is InChI=1S/C11H17N3O/c12-8-10-4-5-11(14-13-10)15-7-6-9-2-1-3-9/h4-5,9H,1-3,6-8,12H2. The number of nitrogens with zero attached hydrogens (tertiary/aromatic N) is 2. The van der Waals surface area contributed by atoms with Crippen molar-refractivity contribution in [1.82, 2.24) is 10.2 Å². The van der Waals surface area contributed by atoms with E-state index in [1.165, 1.54) is 19.3 Å². The molecule has 0 saturated heterocycles. The van der Waals surface area contributed by atoms with Gasteiger partial charge in [0, 0.05) is 12.6 Å². The van der Waals surface area contributed by atoms with E-state index in [4.69, 9.17) is 10.5 Å². The van der Waals surface area contributed by atoms with Crippen molar-refractivity contribution < 1.29 is 4.74 Å². The zero-order valence-corrected chi connectivity index (χ0v) is 8.85. The van der Waals surface area contributed by atoms with Gasteiger partial charge in [0.25, 0.3) is 0 Å². The molecule has 1 aromatic rings. The highest BCUT2D eigenvalue weighted by molar-refractivity contribution is 5.11. The minimum absolute atomic E-state index is 0.426. The fourth-order valence-electron chi connectivity index (χ4n) is 1.65. The lowest BCUT2D eigenvalue weighted by atomic mass is 9.83. The number of nitrogens with two attached hydrogens (primary N) is 1. The van der Waals surface area contributed by atoms with Crippen LogP contribution in [0.5, 0.6) is 5.88 Å². The molecule has 0 aliphatic heterocycles. The van der Waals surface area contributed by atoms with E-state index >= 15 is 0 Å². The van der Waals surface area contributed by atoms with Crippen molar-refractivity contribution in [2.75, 3.05) is 6.61 Å². The van der Waals surface area contributed by atoms with Crippen molar-refractivity contribution in [2.24, 2.45) is 11.7 Å². The molecule has 0 bridgehead atoms. The maximum atomic E-state index is 5.50. The van der Waals surface area contributed by atoms with Gasteiger partial charge in [-0.3, -0.25) is 0 Å². The third-order valence-electron chi connectivity index (χ3n) is 2.91. The Bertz CT molecular complexity index is 295. The SMILES string of the molecule is NCc1ccc(OCCC2CCC2)nn1. The Balaban J connectivity index is 1.72. The molecular weight excluding hydrogens is 190 g/mol. The van der Waals surface area contributed by atoms with E-state index in [0.29, 0.717) is 12.4 Å². The Kier molecular flexibility index (Phi) is 3.50. The van der Waals surface area contributed by atoms with Crippen LogP contribution in [-0.4, -0.2) is 16.8 Å². The van der Waals surface area contributed by atoms with Gasteiger partial charge >= 0.3 is 0 Å². The predicted molar refractivity (Wildman–Crippen MR) is 57.4 cm³/mol. The van der Waals surface area contributed by atoms with Crippen molar-refractivity contribution in [2.45, 2.75) is 32.2 Å². The summed E-state index contributed by atoms with van der Waals surface area (Å²) < 4.78 is 5.50. The molecule has 0 spiro atoms. The first-order valence-electron chi connectivity index (χ1n) is 5.54. The molecule has 0 unspecified atom stereocenters. The second-order valence-corrected chi connectivity index (χ2v) is 4.00. The van der Waals surface area contributed by atoms with E-state index in [2.05, 4.69) is 10.2 Å². The Morgan fingerprint density at radius 2 is 2.20 bits per heavy atom. The topological polar surface area (TPSA) is 61.0 Å². The molecule has 2 N–H and O–H groups in total. The smallest absolute Gasteiger partial charge is 0.233 e. The van der Waals surface area contributed by atoms with E-state index in [0.717, 1.165) is 24.6 Å². The fourth-order valence-corrected chi connectivity index (χ4v) is 1.65. The normalized spacial score (nSPS) is 16.1. The average molecular weight is 207 g/mol. The lowest BCUT2D eigenvalue weighted by molar-refractivity contribution is 0.216. The van der Waals surface area contributed by atoms with Gasteiger partial charge in [-0.1, -0.05) is 19.3 Å². The van der Waals surface area contributed by atoms with Crippen LogP contribution in [-0.2, 0) is 6.54 Å². The maximum Gasteiger partial charge on any atom is 0.233 e. The molecule has 1 aromatic heterocycles. The van der Waals surface area contributed by atoms with Gasteiger partial charge < -0.3 is 10.5 Å². The van der Waals surface area contributed by atoms with Crippen molar-refractivity contribution in [1.29, 1.82) is 0 Å². The summed E-state index contributed by atoms with van der Waals surface area (Å²) in [6, 6.07) is 3.68. The first kappa shape index (κ1) is 10.4. The van der Waals surface area contributed by atoms with Gasteiger partial charge in [0.15, 0.2) is 0 Å². The number of ether oxygens (including phenoxy) is 1. The zero-order chi connectivity index (χ0) is 10.5. The molecule has 15 heavy (non-hydrogen) atoms. The second-order valence-electron chi connectivity index (χ2n) is 4.00. The molecule has 1 saturated carbocycles. The van der Waals surface area contributed by atoms with Gasteiger partial charge in [-0.15, -0.1) is 5.10 Å². The number of hydrogen-bond donors (Lipinski definition) is 1. The summed E-state index contributed by atoms with van der Waals surface area (Å²) in [6.07, 6.45) is 5.25. The van der Waals surface area contributed by atoms with Crippen molar-refractivity contribution in [3.8, 4) is 5.88 Å². The summed E-state index contributed by atoms with van der Waals surface area (Å²) in [7, 11) is 0. The Labute approximate surface area is 89.8 Å². The van der Waals surface area contributed by atoms with Crippen LogP contribution in [0.3, 0.4) is 0 Å². The average Bonchev–Trinajstić information content (AvgIpc) is 2.23. The quantitative estimate of drug-likeness (QED) is 0.795. The van der Waals surface area contributed by atoms with Crippen LogP contribution >= 0.6 is 0 Å². The highest BCUT2D eigenvalue weighted by Gasteiger charge is 2.16. The van der Waals surface area contributed by atoms with Crippen LogP contribution in [0.1, 0.15) is 31.4 Å². The van der Waals surface area contributed by atoms with Gasteiger partial charge in [0.2, 0.25) is 5.88 Å². The molecule has 2 rings (SSSR count). The molecule has 0 atom stereocenters. The minimum Gasteiger partial charge on any atom is -0.477 e. The van der Waals surface area contributed by atoms with Gasteiger partial charge in [0.1, 0.15) is 0 Å². The second kappa shape index (κ2) is 5.07. The van der Waals surface area contributed by atoms with Crippen LogP contribution in [0.25, 0.3) is 0 Å². The van der Waals surface area contributed by atoms with Crippen LogP contribution in [0.2, 0.25) is 0 Å². The van der Waals surface area contributed by atoms with Crippen LogP contribution in [0, 0.1) is 5.92 Å². The first-order chi connectivity index (χ1) is 7.38. The third-order valence-corrected chi connectivity index (χ3v) is 2.91. The van der Waals surface area contributed by atoms with Gasteiger partial charge in [-0.25, -0.2) is 0 Å². The monoisotopic (exact) mass is 207 g/mol. The molecule has 0 aromatic carbocycles. The lowest BCUT2D eigenvalue weighted by Crippen LogP contribution is -2.14. The third kappa shape index (κ3) is 2.89. The van der Waals surface area contributed by atoms with E-state index < -0.39 is 0 Å². The summed E-state index contributed by atoms with van der Waals surface area (Å²) in [5, 5.41) is 7.87. The first-order valence-corrected chi connectivity index (χ1v) is 5.54. The molecule has 4 heteroatoms. The zero-order valence-electron chi connectivity index (χ0n) is 8.85. The van der Waals surface area contributed by atoms with Crippen molar-refractivity contribution >= 4 is 0 Å². The molecule has 4 nitrogen and oxygen atoms in total.